The number of hydrogen-bond acceptors (Lipinski definition) is 2. The number of benzene rings is 2. The molecule has 1 saturated carbocycles. The number of nitrogens with one attached hydrogen (secondary N) is 3. The van der Waals surface area contributed by atoms with E-state index in [0.717, 1.165) is 31.2 Å². The zero-order chi connectivity index (χ0) is 21.3. The van der Waals surface area contributed by atoms with Crippen LogP contribution in [-0.2, 0) is 6.54 Å². The molecule has 0 radical (unpaired) electrons. The zero-order valence-corrected chi connectivity index (χ0v) is 18.2. The molecule has 0 bridgehead atoms. The van der Waals surface area contributed by atoms with Crippen LogP contribution in [-0.4, -0.2) is 25.0 Å². The van der Waals surface area contributed by atoms with Crippen molar-refractivity contribution >= 4 is 23.5 Å². The first kappa shape index (κ1) is 22.2. The molecule has 3 N–H and O–H groups in total. The molecule has 0 heterocycles. The van der Waals surface area contributed by atoms with Gasteiger partial charge in [-0.05, 0) is 68.2 Å². The average molecular weight is 428 g/mol. The average Bonchev–Trinajstić information content (AvgIpc) is 2.76. The molecule has 2 aromatic carbocycles. The van der Waals surface area contributed by atoms with Crippen LogP contribution in [0.15, 0.2) is 48.5 Å². The van der Waals surface area contributed by atoms with Gasteiger partial charge in [-0.1, -0.05) is 47.5 Å². The van der Waals surface area contributed by atoms with Crippen molar-refractivity contribution in [2.45, 2.75) is 39.2 Å². The highest BCUT2D eigenvalue weighted by Crippen LogP contribution is 2.28. The van der Waals surface area contributed by atoms with Gasteiger partial charge in [0.05, 0.1) is 0 Å². The van der Waals surface area contributed by atoms with Crippen LogP contribution in [0.4, 0.5) is 4.79 Å². The highest BCUT2D eigenvalue weighted by Gasteiger charge is 2.22. The minimum atomic E-state index is -0.119. The molecule has 0 spiro atoms. The third-order valence-electron chi connectivity index (χ3n) is 5.73. The van der Waals surface area contributed by atoms with Gasteiger partial charge >= 0.3 is 6.03 Å². The first-order chi connectivity index (χ1) is 14.5. The Morgan fingerprint density at radius 1 is 0.900 bits per heavy atom. The fourth-order valence-electron chi connectivity index (χ4n) is 3.80. The summed E-state index contributed by atoms with van der Waals surface area (Å²) < 4.78 is 0. The van der Waals surface area contributed by atoms with Crippen LogP contribution in [0.5, 0.6) is 0 Å². The van der Waals surface area contributed by atoms with E-state index in [0.29, 0.717) is 42.1 Å². The molecule has 0 saturated heterocycles. The van der Waals surface area contributed by atoms with Crippen LogP contribution in [0.3, 0.4) is 0 Å². The quantitative estimate of drug-likeness (QED) is 0.600. The summed E-state index contributed by atoms with van der Waals surface area (Å²) in [7, 11) is 0. The van der Waals surface area contributed by atoms with Gasteiger partial charge in [0.1, 0.15) is 0 Å². The van der Waals surface area contributed by atoms with E-state index in [4.69, 9.17) is 11.6 Å². The summed E-state index contributed by atoms with van der Waals surface area (Å²) in [6.07, 6.45) is 4.26. The second kappa shape index (κ2) is 11.0. The van der Waals surface area contributed by atoms with Crippen molar-refractivity contribution in [3.8, 4) is 0 Å². The molecule has 3 rings (SSSR count). The normalized spacial score (nSPS) is 18.5. The summed E-state index contributed by atoms with van der Waals surface area (Å²) in [5, 5.41) is 9.49. The number of aryl methyl sites for hydroxylation is 1. The van der Waals surface area contributed by atoms with E-state index in [1.807, 2.05) is 31.2 Å². The third kappa shape index (κ3) is 7.06. The third-order valence-corrected chi connectivity index (χ3v) is 5.96. The van der Waals surface area contributed by atoms with Crippen LogP contribution < -0.4 is 16.0 Å². The summed E-state index contributed by atoms with van der Waals surface area (Å²) in [6.45, 7) is 3.96. The van der Waals surface area contributed by atoms with Gasteiger partial charge in [-0.15, -0.1) is 0 Å². The van der Waals surface area contributed by atoms with Crippen molar-refractivity contribution in [2.75, 3.05) is 13.1 Å². The first-order valence-corrected chi connectivity index (χ1v) is 11.0. The maximum Gasteiger partial charge on any atom is 0.315 e. The summed E-state index contributed by atoms with van der Waals surface area (Å²) in [4.78, 5) is 24.3. The van der Waals surface area contributed by atoms with Gasteiger partial charge in [-0.25, -0.2) is 4.79 Å². The monoisotopic (exact) mass is 427 g/mol. The SMILES string of the molecule is Cc1ccc(CNC(=O)NCC2CCC(CNC(=O)c3cccc(Cl)c3)CC2)cc1. The maximum absolute atomic E-state index is 12.2. The molecule has 0 aliphatic heterocycles. The van der Waals surface area contributed by atoms with Gasteiger partial charge in [0.25, 0.3) is 5.91 Å². The van der Waals surface area contributed by atoms with Crippen LogP contribution in [0.2, 0.25) is 5.02 Å². The van der Waals surface area contributed by atoms with Crippen LogP contribution in [0.1, 0.15) is 47.2 Å². The molecule has 0 atom stereocenters. The molecular weight excluding hydrogens is 398 g/mol. The zero-order valence-electron chi connectivity index (χ0n) is 17.4. The Balaban J connectivity index is 1.30. The summed E-state index contributed by atoms with van der Waals surface area (Å²) in [5.41, 5.74) is 2.90. The van der Waals surface area contributed by atoms with E-state index in [1.165, 1.54) is 5.56 Å². The van der Waals surface area contributed by atoms with Crippen molar-refractivity contribution in [2.24, 2.45) is 11.8 Å². The Bertz CT molecular complexity index is 846. The highest BCUT2D eigenvalue weighted by molar-refractivity contribution is 6.30. The number of carbonyl (C=O) groups is 2. The number of hydrogen-bond donors (Lipinski definition) is 3. The second-order valence-corrected chi connectivity index (χ2v) is 8.59. The van der Waals surface area contributed by atoms with Gasteiger partial charge in [-0.2, -0.15) is 0 Å². The predicted molar refractivity (Wildman–Crippen MR) is 121 cm³/mol. The number of amides is 3. The van der Waals surface area contributed by atoms with Gasteiger partial charge in [0.2, 0.25) is 0 Å². The molecular formula is C24H30ClN3O2. The number of rotatable bonds is 7. The van der Waals surface area contributed by atoms with Crippen LogP contribution >= 0.6 is 11.6 Å². The molecule has 0 unspecified atom stereocenters. The molecule has 5 nitrogen and oxygen atoms in total. The van der Waals surface area contributed by atoms with E-state index in [1.54, 1.807) is 24.3 Å². The Morgan fingerprint density at radius 2 is 1.53 bits per heavy atom. The minimum absolute atomic E-state index is 0.0773. The van der Waals surface area contributed by atoms with E-state index < -0.39 is 0 Å². The Morgan fingerprint density at radius 3 is 2.17 bits per heavy atom. The van der Waals surface area contributed by atoms with Gasteiger partial charge in [0.15, 0.2) is 0 Å². The lowest BCUT2D eigenvalue weighted by Gasteiger charge is -2.28. The lowest BCUT2D eigenvalue weighted by atomic mass is 9.82. The number of carbonyl (C=O) groups excluding carboxylic acids is 2. The van der Waals surface area contributed by atoms with Crippen molar-refractivity contribution in [3.05, 3.63) is 70.2 Å². The Kier molecular flexibility index (Phi) is 8.14. The van der Waals surface area contributed by atoms with Gasteiger partial charge in [-0.3, -0.25) is 4.79 Å². The second-order valence-electron chi connectivity index (χ2n) is 8.16. The Hall–Kier alpha value is -2.53. The Labute approximate surface area is 183 Å². The van der Waals surface area contributed by atoms with Gasteiger partial charge < -0.3 is 16.0 Å². The van der Waals surface area contributed by atoms with Crippen LogP contribution in [0.25, 0.3) is 0 Å². The van der Waals surface area contributed by atoms with Crippen molar-refractivity contribution in [1.29, 1.82) is 0 Å². The van der Waals surface area contributed by atoms with Crippen LogP contribution in [0, 0.1) is 18.8 Å². The topological polar surface area (TPSA) is 70.2 Å². The first-order valence-electron chi connectivity index (χ1n) is 10.6. The van der Waals surface area contributed by atoms with E-state index in [2.05, 4.69) is 16.0 Å². The molecule has 160 valence electrons. The molecule has 6 heteroatoms. The van der Waals surface area contributed by atoms with E-state index in [-0.39, 0.29) is 11.9 Å². The van der Waals surface area contributed by atoms with E-state index >= 15 is 0 Å². The smallest absolute Gasteiger partial charge is 0.315 e. The fraction of sp³-hybridized carbons (Fsp3) is 0.417. The largest absolute Gasteiger partial charge is 0.352 e. The number of halogens is 1. The molecule has 3 amide bonds. The van der Waals surface area contributed by atoms with Crippen molar-refractivity contribution in [3.63, 3.8) is 0 Å². The number of urea groups is 1. The van der Waals surface area contributed by atoms with Gasteiger partial charge in [0, 0.05) is 30.2 Å². The molecule has 2 aromatic rings. The summed E-state index contributed by atoms with van der Waals surface area (Å²) in [6, 6.07) is 15.0. The van der Waals surface area contributed by atoms with E-state index in [9.17, 15) is 9.59 Å². The lowest BCUT2D eigenvalue weighted by Crippen LogP contribution is -2.39. The molecule has 30 heavy (non-hydrogen) atoms. The summed E-state index contributed by atoms with van der Waals surface area (Å²) >= 11 is 5.95. The van der Waals surface area contributed by atoms with Crippen molar-refractivity contribution in [1.82, 2.24) is 16.0 Å². The maximum atomic E-state index is 12.2. The predicted octanol–water partition coefficient (Wildman–Crippen LogP) is 4.68. The standard InChI is InChI=1S/C24H30ClN3O2/c1-17-5-7-18(8-6-17)15-27-24(30)28-16-20-11-9-19(10-12-20)14-26-23(29)21-3-2-4-22(25)13-21/h2-8,13,19-20H,9-12,14-16H2,1H3,(H,26,29)(H2,27,28,30). The molecule has 1 aliphatic rings. The highest BCUT2D eigenvalue weighted by atomic mass is 35.5. The summed E-state index contributed by atoms with van der Waals surface area (Å²) in [5.74, 6) is 0.904. The lowest BCUT2D eigenvalue weighted by molar-refractivity contribution is 0.0941. The molecule has 1 aliphatic carbocycles. The minimum Gasteiger partial charge on any atom is -0.352 e. The molecule has 0 aromatic heterocycles. The van der Waals surface area contributed by atoms with Crippen molar-refractivity contribution < 1.29 is 9.59 Å². The molecule has 1 fully saturated rings. The fourth-order valence-corrected chi connectivity index (χ4v) is 3.99.